The molecular formula is C38H55NO2S. The highest BCUT2D eigenvalue weighted by Crippen LogP contribution is 2.32. The molecule has 0 radical (unpaired) electrons. The molecule has 1 heterocycles. The van der Waals surface area contributed by atoms with Crippen LogP contribution in [0.1, 0.15) is 126 Å². The number of allylic oxidation sites excluding steroid dienone is 12. The lowest BCUT2D eigenvalue weighted by Crippen LogP contribution is -2.12. The molecule has 0 bridgehead atoms. The number of aromatic nitrogens is 1. The van der Waals surface area contributed by atoms with Crippen LogP contribution in [0.4, 0.5) is 0 Å². The number of hydrogen-bond donors (Lipinski definition) is 0. The Bertz CT molecular complexity index is 1070. The van der Waals surface area contributed by atoms with Crippen LogP contribution in [-0.4, -0.2) is 16.6 Å². The van der Waals surface area contributed by atoms with Gasteiger partial charge in [-0.2, -0.15) is 0 Å². The van der Waals surface area contributed by atoms with E-state index < -0.39 is 0 Å². The minimum Gasteiger partial charge on any atom is -0.300 e. The summed E-state index contributed by atoms with van der Waals surface area (Å²) in [7, 11) is 0. The van der Waals surface area contributed by atoms with E-state index in [9.17, 15) is 9.59 Å². The van der Waals surface area contributed by atoms with Gasteiger partial charge in [0.25, 0.3) is 0 Å². The number of carbonyl (C=O) groups is 2. The predicted molar refractivity (Wildman–Crippen MR) is 182 cm³/mol. The van der Waals surface area contributed by atoms with Crippen molar-refractivity contribution in [2.24, 2.45) is 5.92 Å². The van der Waals surface area contributed by atoms with Crippen LogP contribution < -0.4 is 0 Å². The monoisotopic (exact) mass is 589 g/mol. The first-order valence-corrected chi connectivity index (χ1v) is 17.3. The number of rotatable bonds is 23. The van der Waals surface area contributed by atoms with Crippen LogP contribution >= 0.6 is 11.3 Å². The van der Waals surface area contributed by atoms with Gasteiger partial charge in [0.05, 0.1) is 12.1 Å². The largest absolute Gasteiger partial charge is 0.300 e. The van der Waals surface area contributed by atoms with Crippen LogP contribution in [0.3, 0.4) is 0 Å². The van der Waals surface area contributed by atoms with Crippen LogP contribution in [-0.2, 0) is 28.9 Å². The van der Waals surface area contributed by atoms with E-state index in [-0.39, 0.29) is 11.6 Å². The molecule has 0 N–H and O–H groups in total. The van der Waals surface area contributed by atoms with E-state index in [1.807, 2.05) is 0 Å². The summed E-state index contributed by atoms with van der Waals surface area (Å²) in [4.78, 5) is 30.9. The van der Waals surface area contributed by atoms with Crippen LogP contribution in [0, 0.1) is 5.92 Å². The highest BCUT2D eigenvalue weighted by molar-refractivity contribution is 7.11. The van der Waals surface area contributed by atoms with Gasteiger partial charge in [0.2, 0.25) is 0 Å². The quantitative estimate of drug-likeness (QED) is 0.119. The van der Waals surface area contributed by atoms with Crippen molar-refractivity contribution in [1.29, 1.82) is 0 Å². The molecule has 1 aliphatic rings. The van der Waals surface area contributed by atoms with Gasteiger partial charge in [-0.3, -0.25) is 9.59 Å². The zero-order valence-electron chi connectivity index (χ0n) is 26.4. The average molecular weight is 590 g/mol. The topological polar surface area (TPSA) is 47.0 Å². The van der Waals surface area contributed by atoms with E-state index in [0.717, 1.165) is 68.7 Å². The number of fused-ring (bicyclic) bond motifs is 1. The van der Waals surface area contributed by atoms with Crippen LogP contribution in [0.15, 0.2) is 72.9 Å². The molecular weight excluding hydrogens is 534 g/mol. The van der Waals surface area contributed by atoms with E-state index in [2.05, 4.69) is 86.8 Å². The van der Waals surface area contributed by atoms with E-state index in [1.165, 1.54) is 36.3 Å². The molecule has 1 aliphatic carbocycles. The van der Waals surface area contributed by atoms with E-state index >= 15 is 0 Å². The van der Waals surface area contributed by atoms with Gasteiger partial charge >= 0.3 is 0 Å². The maximum atomic E-state index is 12.5. The second-order valence-corrected chi connectivity index (χ2v) is 12.5. The fourth-order valence-corrected chi connectivity index (χ4v) is 6.32. The van der Waals surface area contributed by atoms with Gasteiger partial charge in [-0.25, -0.2) is 4.98 Å². The Morgan fingerprint density at radius 1 is 0.738 bits per heavy atom. The first-order valence-electron chi connectivity index (χ1n) is 16.5. The Morgan fingerprint density at radius 2 is 1.31 bits per heavy atom. The van der Waals surface area contributed by atoms with Crippen molar-refractivity contribution >= 4 is 22.9 Å². The maximum Gasteiger partial charge on any atom is 0.139 e. The average Bonchev–Trinajstić information content (AvgIpc) is 3.38. The van der Waals surface area contributed by atoms with Crippen molar-refractivity contribution in [3.8, 4) is 0 Å². The Balaban J connectivity index is 1.46. The number of Topliss-reactive ketones (excluding diaryl/α,β-unsaturated/α-hetero) is 2. The van der Waals surface area contributed by atoms with E-state index in [4.69, 9.17) is 4.98 Å². The van der Waals surface area contributed by atoms with Crippen LogP contribution in [0.25, 0.3) is 0 Å². The molecule has 0 aromatic carbocycles. The van der Waals surface area contributed by atoms with Crippen molar-refractivity contribution in [3.05, 3.63) is 88.5 Å². The lowest BCUT2D eigenvalue weighted by molar-refractivity contribution is -0.120. The number of thiazole rings is 1. The summed E-state index contributed by atoms with van der Waals surface area (Å²) in [6.45, 7) is 4.41. The summed E-state index contributed by atoms with van der Waals surface area (Å²) < 4.78 is 0. The molecule has 0 saturated carbocycles. The van der Waals surface area contributed by atoms with Crippen molar-refractivity contribution < 1.29 is 9.59 Å². The van der Waals surface area contributed by atoms with Gasteiger partial charge in [0.15, 0.2) is 0 Å². The fraction of sp³-hybridized carbons (Fsp3) is 0.553. The summed E-state index contributed by atoms with van der Waals surface area (Å²) in [5.74, 6) is 1.26. The molecule has 42 heavy (non-hydrogen) atoms. The summed E-state index contributed by atoms with van der Waals surface area (Å²) in [5, 5.41) is 0.977. The third-order valence-electron chi connectivity index (χ3n) is 7.50. The Hall–Kier alpha value is -2.59. The molecule has 0 unspecified atom stereocenters. The number of ketones is 2. The van der Waals surface area contributed by atoms with Crippen LogP contribution in [0.5, 0.6) is 0 Å². The number of carbonyl (C=O) groups excluding carboxylic acids is 2. The van der Waals surface area contributed by atoms with E-state index in [0.29, 0.717) is 32.1 Å². The first kappa shape index (κ1) is 35.6. The molecule has 4 heteroatoms. The van der Waals surface area contributed by atoms with Crippen molar-refractivity contribution in [3.63, 3.8) is 0 Å². The van der Waals surface area contributed by atoms with E-state index in [1.54, 1.807) is 11.3 Å². The van der Waals surface area contributed by atoms with Gasteiger partial charge in [-0.05, 0) is 76.5 Å². The van der Waals surface area contributed by atoms with Crippen molar-refractivity contribution in [1.82, 2.24) is 4.98 Å². The summed E-state index contributed by atoms with van der Waals surface area (Å²) >= 11 is 1.75. The maximum absolute atomic E-state index is 12.5. The van der Waals surface area contributed by atoms with Crippen molar-refractivity contribution in [2.45, 2.75) is 129 Å². The predicted octanol–water partition coefficient (Wildman–Crippen LogP) is 10.8. The Labute approximate surface area is 260 Å². The molecule has 3 nitrogen and oxygen atoms in total. The minimum atomic E-state index is 0.216. The van der Waals surface area contributed by atoms with Gasteiger partial charge in [-0.15, -0.1) is 11.3 Å². The third-order valence-corrected chi connectivity index (χ3v) is 8.62. The zero-order valence-corrected chi connectivity index (χ0v) is 27.2. The highest BCUT2D eigenvalue weighted by atomic mass is 32.1. The molecule has 0 amide bonds. The van der Waals surface area contributed by atoms with Gasteiger partial charge in [-0.1, -0.05) is 106 Å². The molecule has 1 aromatic heterocycles. The van der Waals surface area contributed by atoms with Gasteiger partial charge in [0.1, 0.15) is 16.6 Å². The Morgan fingerprint density at radius 3 is 1.90 bits per heavy atom. The number of nitrogens with zero attached hydrogens (tertiary/aromatic N) is 1. The summed E-state index contributed by atoms with van der Waals surface area (Å²) in [6.07, 6.45) is 43.0. The molecule has 0 saturated heterocycles. The van der Waals surface area contributed by atoms with Gasteiger partial charge in [0, 0.05) is 24.1 Å². The highest BCUT2D eigenvalue weighted by Gasteiger charge is 2.22. The SMILES string of the molecule is CC/C=C\C/C=C\C/C=C\C/C=C\C/C=C\C/C=C\CCC(=O)CCCC(=O)Cc1nc2c(s1)C[C@H](CCCC)CC2. The Kier molecular flexibility index (Phi) is 20.3. The summed E-state index contributed by atoms with van der Waals surface area (Å²) in [6, 6.07) is 0. The summed E-state index contributed by atoms with van der Waals surface area (Å²) in [5.41, 5.74) is 1.24. The lowest BCUT2D eigenvalue weighted by Gasteiger charge is -2.20. The molecule has 1 aromatic rings. The normalized spacial score (nSPS) is 15.9. The van der Waals surface area contributed by atoms with Crippen molar-refractivity contribution in [2.75, 3.05) is 0 Å². The molecule has 1 atom stereocenters. The third kappa shape index (κ3) is 17.4. The lowest BCUT2D eigenvalue weighted by atomic mass is 9.87. The standard InChI is InChI=1S/C38H55NO2S/c1-3-5-7-8-9-10-11-12-13-14-15-16-17-18-19-20-21-22-23-26-34(40)27-24-28-35(41)32-38-39-36-30-29-33(25-6-4-2)31-37(36)42-38/h5,7,9-10,12-13,15-16,18-19,21-22,33H,3-4,6,8,11,14,17,20,23-32H2,1-2H3/b7-5-,10-9-,13-12-,16-15-,19-18-,22-21-/t33-/m1/s1. The van der Waals surface area contributed by atoms with Gasteiger partial charge < -0.3 is 0 Å². The fourth-order valence-electron chi connectivity index (χ4n) is 5.06. The van der Waals surface area contributed by atoms with Crippen LogP contribution in [0.2, 0.25) is 0 Å². The zero-order chi connectivity index (χ0) is 30.1. The molecule has 0 aliphatic heterocycles. The number of unbranched alkanes of at least 4 members (excludes halogenated alkanes) is 1. The molecule has 2 rings (SSSR count). The molecule has 0 spiro atoms. The first-order chi connectivity index (χ1) is 20.6. The smallest absolute Gasteiger partial charge is 0.139 e. The second kappa shape index (κ2) is 23.9. The number of aryl methyl sites for hydroxylation is 1. The second-order valence-electron chi connectivity index (χ2n) is 11.3. The molecule has 0 fully saturated rings. The number of hydrogen-bond acceptors (Lipinski definition) is 4. The molecule has 230 valence electrons. The minimum absolute atomic E-state index is 0.216.